The molecule has 0 radical (unpaired) electrons. The highest BCUT2D eigenvalue weighted by molar-refractivity contribution is 6.83. The number of aliphatic hydroxyl groups is 1. The van der Waals surface area contributed by atoms with Crippen molar-refractivity contribution in [3.8, 4) is 0 Å². The van der Waals surface area contributed by atoms with Crippen molar-refractivity contribution in [2.75, 3.05) is 7.05 Å². The van der Waals surface area contributed by atoms with E-state index in [-0.39, 0.29) is 5.73 Å². The summed E-state index contributed by atoms with van der Waals surface area (Å²) in [6, 6.07) is 3.44. The predicted octanol–water partition coefficient (Wildman–Crippen LogP) is 2.10. The molecule has 0 aromatic carbocycles. The van der Waals surface area contributed by atoms with Crippen LogP contribution in [0.15, 0.2) is 4.99 Å². The molecule has 0 aromatic heterocycles. The summed E-state index contributed by atoms with van der Waals surface area (Å²) in [5, 5.41) is 9.87. The molecule has 1 N–H and O–H groups in total. The van der Waals surface area contributed by atoms with Gasteiger partial charge in [0, 0.05) is 13.3 Å². The van der Waals surface area contributed by atoms with Crippen LogP contribution in [0.25, 0.3) is 0 Å². The minimum Gasteiger partial charge on any atom is -0.391 e. The van der Waals surface area contributed by atoms with E-state index in [1.165, 1.54) is 0 Å². The van der Waals surface area contributed by atoms with Crippen molar-refractivity contribution in [1.82, 2.24) is 0 Å². The minimum absolute atomic E-state index is 0.248. The van der Waals surface area contributed by atoms with Gasteiger partial charge in [-0.05, 0) is 0 Å². The van der Waals surface area contributed by atoms with Crippen molar-refractivity contribution >= 4 is 14.3 Å². The van der Waals surface area contributed by atoms with E-state index in [4.69, 9.17) is 0 Å². The molecule has 1 atom stereocenters. The maximum absolute atomic E-state index is 9.87. The van der Waals surface area contributed by atoms with E-state index in [2.05, 4.69) is 25.8 Å². The Morgan fingerprint density at radius 2 is 1.67 bits per heavy atom. The van der Waals surface area contributed by atoms with Gasteiger partial charge in [0.1, 0.15) is 0 Å². The molecule has 1 unspecified atom stereocenters. The van der Waals surface area contributed by atoms with Crippen molar-refractivity contribution in [1.29, 1.82) is 0 Å². The molecule has 0 saturated carbocycles. The Hall–Kier alpha value is -0.153. The maximum atomic E-state index is 9.87. The van der Waals surface area contributed by atoms with Crippen LogP contribution in [-0.2, 0) is 0 Å². The highest BCUT2D eigenvalue weighted by Crippen LogP contribution is 2.23. The summed E-state index contributed by atoms with van der Waals surface area (Å²) in [6.45, 7) is 6.56. The second kappa shape index (κ2) is 5.49. The molecule has 3 heteroatoms. The molecule has 0 aliphatic carbocycles. The molecule has 0 fully saturated rings. The fourth-order valence-corrected chi connectivity index (χ4v) is 4.90. The van der Waals surface area contributed by atoms with E-state index in [0.717, 1.165) is 18.1 Å². The molecule has 0 aliphatic rings. The Labute approximate surface area is 76.7 Å². The molecule has 0 rings (SSSR count). The molecule has 0 saturated heterocycles. The number of nitrogens with zero attached hydrogens (tertiary/aromatic N) is 1. The Morgan fingerprint density at radius 1 is 1.25 bits per heavy atom. The summed E-state index contributed by atoms with van der Waals surface area (Å²) in [4.78, 5) is 3.91. The first-order chi connectivity index (χ1) is 5.66. The average molecular weight is 187 g/mol. The third kappa shape index (κ3) is 2.42. The molecule has 72 valence electrons. The van der Waals surface area contributed by atoms with Gasteiger partial charge in [-0.25, -0.2) is 0 Å². The van der Waals surface area contributed by atoms with Crippen LogP contribution in [0.3, 0.4) is 0 Å². The largest absolute Gasteiger partial charge is 0.391 e. The lowest BCUT2D eigenvalue weighted by atomic mass is 10.8. The van der Waals surface area contributed by atoms with Crippen molar-refractivity contribution in [2.24, 2.45) is 4.99 Å². The smallest absolute Gasteiger partial charge is 0.0934 e. The number of hydrogen-bond acceptors (Lipinski definition) is 2. The van der Waals surface area contributed by atoms with E-state index in [9.17, 15) is 5.11 Å². The molecular formula is C9H21NOSi. The van der Waals surface area contributed by atoms with Gasteiger partial charge in [0.2, 0.25) is 0 Å². The molecule has 12 heavy (non-hydrogen) atoms. The topological polar surface area (TPSA) is 32.6 Å². The Morgan fingerprint density at radius 3 is 1.92 bits per heavy atom. The number of hydrogen-bond donors (Lipinski definition) is 1. The third-order valence-corrected chi connectivity index (χ3v) is 8.66. The second-order valence-electron chi connectivity index (χ2n) is 3.28. The standard InChI is InChI=1S/C9H21NOSi/c1-5-12(6-2,7-3)9(11)8-10-4/h8-9,11H,5-7H2,1-4H3. The van der Waals surface area contributed by atoms with E-state index in [1.807, 2.05) is 0 Å². The highest BCUT2D eigenvalue weighted by Gasteiger charge is 2.33. The number of aliphatic imine (C=N–C) groups is 1. The van der Waals surface area contributed by atoms with Gasteiger partial charge in [0.05, 0.1) is 13.8 Å². The van der Waals surface area contributed by atoms with Gasteiger partial charge in [-0.3, -0.25) is 4.99 Å². The Bertz CT molecular complexity index is 135. The van der Waals surface area contributed by atoms with Crippen LogP contribution in [0.1, 0.15) is 20.8 Å². The molecule has 0 aliphatic heterocycles. The normalized spacial score (nSPS) is 15.4. The first-order valence-electron chi connectivity index (χ1n) is 4.77. The highest BCUT2D eigenvalue weighted by atomic mass is 28.3. The molecule has 0 bridgehead atoms. The second-order valence-corrected chi connectivity index (χ2v) is 8.71. The van der Waals surface area contributed by atoms with Crippen LogP contribution in [0.4, 0.5) is 0 Å². The van der Waals surface area contributed by atoms with Gasteiger partial charge in [-0.2, -0.15) is 0 Å². The van der Waals surface area contributed by atoms with Crippen molar-refractivity contribution in [2.45, 2.75) is 44.6 Å². The molecular weight excluding hydrogens is 166 g/mol. The summed E-state index contributed by atoms with van der Waals surface area (Å²) in [5.41, 5.74) is -0.248. The fraction of sp³-hybridized carbons (Fsp3) is 0.889. The maximum Gasteiger partial charge on any atom is 0.0934 e. The molecule has 0 aromatic rings. The molecule has 0 spiro atoms. The number of rotatable bonds is 5. The fourth-order valence-electron chi connectivity index (χ4n) is 1.68. The quantitative estimate of drug-likeness (QED) is 0.519. The van der Waals surface area contributed by atoms with Gasteiger partial charge in [0.25, 0.3) is 0 Å². The van der Waals surface area contributed by atoms with E-state index in [0.29, 0.717) is 0 Å². The zero-order valence-electron chi connectivity index (χ0n) is 8.67. The number of aliphatic hydroxyl groups excluding tert-OH is 1. The van der Waals surface area contributed by atoms with Gasteiger partial charge in [-0.1, -0.05) is 38.9 Å². The van der Waals surface area contributed by atoms with E-state index in [1.54, 1.807) is 13.3 Å². The minimum atomic E-state index is -1.44. The first kappa shape index (κ1) is 11.8. The zero-order valence-corrected chi connectivity index (χ0v) is 9.67. The summed E-state index contributed by atoms with van der Waals surface area (Å²) < 4.78 is 0. The van der Waals surface area contributed by atoms with Gasteiger partial charge in [0.15, 0.2) is 0 Å². The lowest BCUT2D eigenvalue weighted by Gasteiger charge is -2.30. The lowest BCUT2D eigenvalue weighted by molar-refractivity contribution is 0.308. The molecule has 0 amide bonds. The summed E-state index contributed by atoms with van der Waals surface area (Å²) in [7, 11) is 0.290. The Balaban J connectivity index is 4.46. The van der Waals surface area contributed by atoms with Crippen molar-refractivity contribution in [3.63, 3.8) is 0 Å². The summed E-state index contributed by atoms with van der Waals surface area (Å²) >= 11 is 0. The molecule has 2 nitrogen and oxygen atoms in total. The van der Waals surface area contributed by atoms with Crippen LogP contribution in [0, 0.1) is 0 Å². The Kier molecular flexibility index (Phi) is 5.42. The van der Waals surface area contributed by atoms with Gasteiger partial charge < -0.3 is 5.11 Å². The van der Waals surface area contributed by atoms with Crippen molar-refractivity contribution in [3.05, 3.63) is 0 Å². The van der Waals surface area contributed by atoms with Crippen LogP contribution >= 0.6 is 0 Å². The summed E-state index contributed by atoms with van der Waals surface area (Å²) in [6.07, 6.45) is 1.71. The zero-order chi connectivity index (χ0) is 9.61. The van der Waals surface area contributed by atoms with Crippen molar-refractivity contribution < 1.29 is 5.11 Å². The summed E-state index contributed by atoms with van der Waals surface area (Å²) in [5.74, 6) is 0. The average Bonchev–Trinajstić information content (AvgIpc) is 2.09. The van der Waals surface area contributed by atoms with E-state index >= 15 is 0 Å². The van der Waals surface area contributed by atoms with Gasteiger partial charge in [-0.15, -0.1) is 0 Å². The van der Waals surface area contributed by atoms with Crippen LogP contribution in [0.5, 0.6) is 0 Å². The van der Waals surface area contributed by atoms with E-state index < -0.39 is 8.07 Å². The lowest BCUT2D eigenvalue weighted by Crippen LogP contribution is -2.46. The van der Waals surface area contributed by atoms with Crippen LogP contribution in [-0.4, -0.2) is 32.2 Å². The SMILES string of the molecule is CC[Si](CC)(CC)C(O)C=NC. The first-order valence-corrected chi connectivity index (χ1v) is 7.47. The third-order valence-electron chi connectivity index (χ3n) is 3.03. The monoisotopic (exact) mass is 187 g/mol. The van der Waals surface area contributed by atoms with Crippen LogP contribution in [0.2, 0.25) is 18.1 Å². The van der Waals surface area contributed by atoms with Gasteiger partial charge >= 0.3 is 0 Å². The predicted molar refractivity (Wildman–Crippen MR) is 57.6 cm³/mol. The molecule has 0 heterocycles. The van der Waals surface area contributed by atoms with Crippen LogP contribution < -0.4 is 0 Å².